The number of nitrogens with one attached hydrogen (secondary N) is 2. The van der Waals surface area contributed by atoms with Gasteiger partial charge in [0.05, 0.1) is 6.54 Å². The van der Waals surface area contributed by atoms with Crippen molar-refractivity contribution in [2.24, 2.45) is 0 Å². The van der Waals surface area contributed by atoms with Crippen molar-refractivity contribution in [3.63, 3.8) is 0 Å². The van der Waals surface area contributed by atoms with Gasteiger partial charge in [0.2, 0.25) is 5.91 Å². The van der Waals surface area contributed by atoms with Crippen molar-refractivity contribution in [2.75, 3.05) is 6.54 Å². The minimum Gasteiger partial charge on any atom is -0.351 e. The highest BCUT2D eigenvalue weighted by Gasteiger charge is 2.48. The summed E-state index contributed by atoms with van der Waals surface area (Å²) < 4.78 is 1.51. The van der Waals surface area contributed by atoms with Crippen LogP contribution in [0, 0.1) is 0 Å². The largest absolute Gasteiger partial charge is 0.351 e. The van der Waals surface area contributed by atoms with Gasteiger partial charge in [0.25, 0.3) is 11.8 Å². The zero-order valence-electron chi connectivity index (χ0n) is 19.7. The maximum atomic E-state index is 13.2. The molecular weight excluding hydrogens is 418 g/mol. The number of aryl methyl sites for hydroxylation is 1. The molecule has 1 saturated carbocycles. The fourth-order valence-corrected chi connectivity index (χ4v) is 4.82. The number of hydrogen-bond acceptors (Lipinski definition) is 4. The zero-order valence-corrected chi connectivity index (χ0v) is 19.7. The zero-order chi connectivity index (χ0) is 23.6. The standard InChI is InChI=1S/C25H33N5O3/c1-4-17-10-12-18(13-11-17)15-26-22(31)20-14-21-23(32)29(5-2)25(3,16-30(21)28-20)24(33)27-19-8-6-7-9-19/h10-14,19H,4-9,15-16H2,1-3H3,(H,26,31)(H,27,33)/t25-/m1/s1. The van der Waals surface area contributed by atoms with Crippen LogP contribution in [0.15, 0.2) is 30.3 Å². The number of carbonyl (C=O) groups is 3. The van der Waals surface area contributed by atoms with Crippen molar-refractivity contribution in [3.05, 3.63) is 52.8 Å². The molecule has 1 atom stereocenters. The van der Waals surface area contributed by atoms with E-state index in [-0.39, 0.29) is 36.0 Å². The molecule has 2 aliphatic rings. The van der Waals surface area contributed by atoms with Gasteiger partial charge in [-0.25, -0.2) is 0 Å². The molecular formula is C25H33N5O3. The van der Waals surface area contributed by atoms with Gasteiger partial charge in [-0.05, 0) is 44.2 Å². The number of rotatable bonds is 7. The summed E-state index contributed by atoms with van der Waals surface area (Å²) in [6.07, 6.45) is 5.14. The van der Waals surface area contributed by atoms with E-state index in [1.165, 1.54) is 16.3 Å². The summed E-state index contributed by atoms with van der Waals surface area (Å²) in [5, 5.41) is 10.4. The second-order valence-electron chi connectivity index (χ2n) is 9.20. The molecule has 33 heavy (non-hydrogen) atoms. The Bertz CT molecular complexity index is 1040. The maximum Gasteiger partial charge on any atom is 0.273 e. The Morgan fingerprint density at radius 3 is 2.42 bits per heavy atom. The van der Waals surface area contributed by atoms with Crippen molar-refractivity contribution < 1.29 is 14.4 Å². The molecule has 1 aromatic heterocycles. The van der Waals surface area contributed by atoms with E-state index in [0.29, 0.717) is 18.8 Å². The van der Waals surface area contributed by atoms with E-state index in [2.05, 4.69) is 22.7 Å². The molecule has 0 unspecified atom stereocenters. The van der Waals surface area contributed by atoms with E-state index in [1.807, 2.05) is 31.2 Å². The predicted octanol–water partition coefficient (Wildman–Crippen LogP) is 2.67. The Morgan fingerprint density at radius 1 is 1.12 bits per heavy atom. The van der Waals surface area contributed by atoms with E-state index in [1.54, 1.807) is 11.8 Å². The van der Waals surface area contributed by atoms with Crippen LogP contribution in [0.5, 0.6) is 0 Å². The average Bonchev–Trinajstić information content (AvgIpc) is 3.48. The van der Waals surface area contributed by atoms with E-state index in [4.69, 9.17) is 0 Å². The number of hydrogen-bond donors (Lipinski definition) is 2. The first kappa shape index (κ1) is 23.0. The molecule has 1 aliphatic carbocycles. The van der Waals surface area contributed by atoms with Gasteiger partial charge in [0, 0.05) is 25.2 Å². The smallest absolute Gasteiger partial charge is 0.273 e. The summed E-state index contributed by atoms with van der Waals surface area (Å²) in [4.78, 5) is 40.8. The van der Waals surface area contributed by atoms with E-state index in [9.17, 15) is 14.4 Å². The third kappa shape index (κ3) is 4.51. The predicted molar refractivity (Wildman–Crippen MR) is 125 cm³/mol. The van der Waals surface area contributed by atoms with Gasteiger partial charge in [0.15, 0.2) is 5.69 Å². The Kier molecular flexibility index (Phi) is 6.54. The van der Waals surface area contributed by atoms with Gasteiger partial charge in [-0.2, -0.15) is 5.10 Å². The molecule has 1 aliphatic heterocycles. The summed E-state index contributed by atoms with van der Waals surface area (Å²) >= 11 is 0. The minimum absolute atomic E-state index is 0.160. The Labute approximate surface area is 194 Å². The molecule has 0 radical (unpaired) electrons. The molecule has 2 N–H and O–H groups in total. The average molecular weight is 452 g/mol. The van der Waals surface area contributed by atoms with Crippen LogP contribution in [-0.2, 0) is 24.3 Å². The second-order valence-corrected chi connectivity index (χ2v) is 9.20. The minimum atomic E-state index is -1.05. The Balaban J connectivity index is 1.49. The van der Waals surface area contributed by atoms with Crippen LogP contribution in [-0.4, -0.2) is 50.5 Å². The number of nitrogens with zero attached hydrogens (tertiary/aromatic N) is 3. The van der Waals surface area contributed by atoms with Crippen molar-refractivity contribution >= 4 is 17.7 Å². The number of benzene rings is 1. The van der Waals surface area contributed by atoms with Crippen molar-refractivity contribution in [1.82, 2.24) is 25.3 Å². The van der Waals surface area contributed by atoms with Gasteiger partial charge in [-0.1, -0.05) is 44.0 Å². The van der Waals surface area contributed by atoms with Crippen molar-refractivity contribution in [1.29, 1.82) is 0 Å². The number of fused-ring (bicyclic) bond motifs is 1. The number of amides is 3. The molecule has 0 saturated heterocycles. The summed E-state index contributed by atoms with van der Waals surface area (Å²) in [6.45, 7) is 6.73. The molecule has 8 nitrogen and oxygen atoms in total. The van der Waals surface area contributed by atoms with Crippen LogP contribution >= 0.6 is 0 Å². The first-order valence-corrected chi connectivity index (χ1v) is 11.9. The van der Waals surface area contributed by atoms with Crippen LogP contribution in [0.2, 0.25) is 0 Å². The lowest BCUT2D eigenvalue weighted by molar-refractivity contribution is -0.133. The quantitative estimate of drug-likeness (QED) is 0.676. The van der Waals surface area contributed by atoms with Crippen LogP contribution in [0.4, 0.5) is 0 Å². The lowest BCUT2D eigenvalue weighted by Gasteiger charge is -2.43. The Hall–Kier alpha value is -3.16. The summed E-state index contributed by atoms with van der Waals surface area (Å²) in [5.74, 6) is -0.786. The van der Waals surface area contributed by atoms with Gasteiger partial charge in [0.1, 0.15) is 11.2 Å². The van der Waals surface area contributed by atoms with Crippen LogP contribution in [0.1, 0.15) is 78.6 Å². The molecule has 4 rings (SSSR count). The monoisotopic (exact) mass is 451 g/mol. The van der Waals surface area contributed by atoms with Gasteiger partial charge >= 0.3 is 0 Å². The topological polar surface area (TPSA) is 96.3 Å². The number of likely N-dealkylation sites (N-methyl/N-ethyl adjacent to an activating group) is 1. The first-order chi connectivity index (χ1) is 15.9. The SMILES string of the molecule is CCc1ccc(CNC(=O)c2cc3n(n2)C[C@](C)(C(=O)NC2CCCC2)N(CC)C3=O)cc1. The highest BCUT2D eigenvalue weighted by molar-refractivity contribution is 6.01. The molecule has 0 spiro atoms. The summed E-state index contributed by atoms with van der Waals surface area (Å²) in [7, 11) is 0. The molecule has 1 fully saturated rings. The van der Waals surface area contributed by atoms with E-state index in [0.717, 1.165) is 37.7 Å². The molecule has 2 heterocycles. The summed E-state index contributed by atoms with van der Waals surface area (Å²) in [5.41, 5.74) is 1.70. The van der Waals surface area contributed by atoms with Crippen molar-refractivity contribution in [2.45, 2.75) is 77.5 Å². The Morgan fingerprint density at radius 2 is 1.79 bits per heavy atom. The van der Waals surface area contributed by atoms with Crippen LogP contribution < -0.4 is 10.6 Å². The fourth-order valence-electron chi connectivity index (χ4n) is 4.82. The van der Waals surface area contributed by atoms with E-state index < -0.39 is 5.54 Å². The highest BCUT2D eigenvalue weighted by Crippen LogP contribution is 2.28. The fraction of sp³-hybridized carbons (Fsp3) is 0.520. The van der Waals surface area contributed by atoms with Gasteiger partial charge in [-0.3, -0.25) is 19.1 Å². The molecule has 3 amide bonds. The molecule has 1 aromatic carbocycles. The van der Waals surface area contributed by atoms with Crippen molar-refractivity contribution in [3.8, 4) is 0 Å². The van der Waals surface area contributed by atoms with Crippen LogP contribution in [0.3, 0.4) is 0 Å². The molecule has 176 valence electrons. The molecule has 2 aromatic rings. The van der Waals surface area contributed by atoms with Crippen LogP contribution in [0.25, 0.3) is 0 Å². The summed E-state index contributed by atoms with van der Waals surface area (Å²) in [6, 6.07) is 9.77. The molecule has 8 heteroatoms. The normalized spacial score (nSPS) is 20.6. The maximum absolute atomic E-state index is 13.2. The van der Waals surface area contributed by atoms with Gasteiger partial charge in [-0.15, -0.1) is 0 Å². The third-order valence-electron chi connectivity index (χ3n) is 6.91. The third-order valence-corrected chi connectivity index (χ3v) is 6.91. The van der Waals surface area contributed by atoms with Gasteiger partial charge < -0.3 is 15.5 Å². The number of aromatic nitrogens is 2. The highest BCUT2D eigenvalue weighted by atomic mass is 16.2. The lowest BCUT2D eigenvalue weighted by atomic mass is 9.94. The second kappa shape index (κ2) is 9.37. The number of carbonyl (C=O) groups excluding carboxylic acids is 3. The van der Waals surface area contributed by atoms with E-state index >= 15 is 0 Å². The molecule has 0 bridgehead atoms. The lowest BCUT2D eigenvalue weighted by Crippen LogP contribution is -2.64. The first-order valence-electron chi connectivity index (χ1n) is 11.9.